The minimum absolute atomic E-state index is 0.0887. The zero-order chi connectivity index (χ0) is 18.4. The Hall–Kier alpha value is -2.70. The second kappa shape index (κ2) is 6.23. The molecular formula is C20H13NO3S2. The lowest BCUT2D eigenvalue weighted by Gasteiger charge is -2.10. The van der Waals surface area contributed by atoms with Gasteiger partial charge < -0.3 is 9.90 Å². The average molecular weight is 379 g/mol. The molecule has 1 fully saturated rings. The van der Waals surface area contributed by atoms with Gasteiger partial charge in [-0.15, -0.1) is 0 Å². The van der Waals surface area contributed by atoms with Gasteiger partial charge in [0, 0.05) is 6.08 Å². The molecule has 1 atom stereocenters. The molecule has 26 heavy (non-hydrogen) atoms. The van der Waals surface area contributed by atoms with E-state index in [1.807, 2.05) is 48.5 Å². The van der Waals surface area contributed by atoms with E-state index in [1.54, 1.807) is 12.3 Å². The van der Waals surface area contributed by atoms with Crippen molar-refractivity contribution in [2.45, 2.75) is 0 Å². The van der Waals surface area contributed by atoms with Crippen LogP contribution in [0.1, 0.15) is 5.56 Å². The predicted octanol–water partition coefficient (Wildman–Crippen LogP) is 3.05. The lowest BCUT2D eigenvalue weighted by atomic mass is 9.96. The summed E-state index contributed by atoms with van der Waals surface area (Å²) < 4.78 is 0.0887. The highest BCUT2D eigenvalue weighted by molar-refractivity contribution is 8.24. The van der Waals surface area contributed by atoms with Crippen LogP contribution in [0.25, 0.3) is 27.6 Å². The molecule has 0 aliphatic carbocycles. The van der Waals surface area contributed by atoms with Crippen molar-refractivity contribution < 1.29 is 14.7 Å². The molecule has 1 unspecified atom stereocenters. The van der Waals surface area contributed by atoms with Gasteiger partial charge in [-0.25, -0.2) is 4.90 Å². The van der Waals surface area contributed by atoms with Gasteiger partial charge in [0.15, 0.2) is 6.09 Å². The molecule has 0 aromatic heterocycles. The van der Waals surface area contributed by atoms with Gasteiger partial charge in [0.25, 0.3) is 0 Å². The molecule has 0 saturated carbocycles. The van der Waals surface area contributed by atoms with Crippen LogP contribution in [-0.2, 0) is 15.7 Å². The molecule has 0 spiro atoms. The maximum Gasteiger partial charge on any atom is 0.316 e. The van der Waals surface area contributed by atoms with E-state index in [1.165, 1.54) is 0 Å². The van der Waals surface area contributed by atoms with Crippen molar-refractivity contribution in [3.8, 4) is 0 Å². The summed E-state index contributed by atoms with van der Waals surface area (Å²) in [6.07, 6.45) is 1.97. The fourth-order valence-corrected chi connectivity index (χ4v) is 4.89. The molecule has 1 saturated heterocycles. The Labute approximate surface area is 158 Å². The van der Waals surface area contributed by atoms with Crippen LogP contribution >= 0.6 is 12.2 Å². The summed E-state index contributed by atoms with van der Waals surface area (Å²) in [6, 6.07) is 17.9. The highest BCUT2D eigenvalue weighted by Crippen LogP contribution is 2.33. The lowest BCUT2D eigenvalue weighted by Crippen LogP contribution is -2.44. The first-order valence-electron chi connectivity index (χ1n) is 7.86. The van der Waals surface area contributed by atoms with E-state index < -0.39 is 22.9 Å². The first kappa shape index (κ1) is 16.8. The summed E-state index contributed by atoms with van der Waals surface area (Å²) in [5.41, 5.74) is 0.893. The van der Waals surface area contributed by atoms with E-state index in [0.717, 1.165) is 27.1 Å². The minimum Gasteiger partial charge on any atom is -0.529 e. The van der Waals surface area contributed by atoms with Crippen LogP contribution in [0.3, 0.4) is 0 Å². The average Bonchev–Trinajstić information content (AvgIpc) is 2.84. The molecule has 6 heteroatoms. The summed E-state index contributed by atoms with van der Waals surface area (Å²) >= 11 is 5.16. The van der Waals surface area contributed by atoms with Gasteiger partial charge in [-0.05, 0) is 45.4 Å². The largest absolute Gasteiger partial charge is 0.529 e. The number of nitrogens with zero attached hydrogens (tertiary/aromatic N) is 1. The van der Waals surface area contributed by atoms with E-state index in [4.69, 9.17) is 12.2 Å². The topological polar surface area (TPSA) is 60.4 Å². The summed E-state index contributed by atoms with van der Waals surface area (Å²) in [7, 11) is -0.774. The Kier molecular flexibility index (Phi) is 4.01. The predicted molar refractivity (Wildman–Crippen MR) is 108 cm³/mol. The van der Waals surface area contributed by atoms with Crippen molar-refractivity contribution in [3.05, 3.63) is 65.1 Å². The van der Waals surface area contributed by atoms with E-state index in [0.29, 0.717) is 9.81 Å². The molecule has 1 aliphatic heterocycles. The third-order valence-corrected chi connectivity index (χ3v) is 7.05. The number of carboxylic acid groups (broad SMARTS) is 1. The number of fused-ring (bicyclic) bond motifs is 2. The third kappa shape index (κ3) is 2.50. The number of amides is 2. The van der Waals surface area contributed by atoms with Gasteiger partial charge in [0.05, 0.1) is 10.9 Å². The number of hydrogen-bond acceptors (Lipinski definition) is 4. The molecule has 3 aromatic carbocycles. The number of hydrogen-bond donors (Lipinski definition) is 0. The highest BCUT2D eigenvalue weighted by Gasteiger charge is 2.48. The first-order chi connectivity index (χ1) is 12.5. The van der Waals surface area contributed by atoms with Crippen LogP contribution in [0.15, 0.2) is 59.5 Å². The molecule has 0 N–H and O–H groups in total. The number of imide groups is 1. The Morgan fingerprint density at radius 1 is 1.08 bits per heavy atom. The fraction of sp³-hybridized carbons (Fsp3) is 0.0500. The third-order valence-electron chi connectivity index (χ3n) is 4.46. The van der Waals surface area contributed by atoms with Gasteiger partial charge in [-0.2, -0.15) is 0 Å². The Morgan fingerprint density at radius 3 is 2.12 bits per heavy atom. The van der Waals surface area contributed by atoms with Crippen LogP contribution < -0.4 is 5.11 Å². The molecule has 1 aliphatic rings. The molecule has 3 aromatic rings. The molecule has 4 nitrogen and oxygen atoms in total. The molecule has 1 heterocycles. The monoisotopic (exact) mass is 379 g/mol. The van der Waals surface area contributed by atoms with E-state index >= 15 is 0 Å². The Morgan fingerprint density at radius 2 is 1.62 bits per heavy atom. The lowest BCUT2D eigenvalue weighted by molar-refractivity contribution is -0.258. The van der Waals surface area contributed by atoms with Crippen LogP contribution in [0.4, 0.5) is 4.79 Å². The van der Waals surface area contributed by atoms with Crippen molar-refractivity contribution in [3.63, 3.8) is 0 Å². The number of thiocarbonyl (C=S) groups is 1. The van der Waals surface area contributed by atoms with E-state index in [9.17, 15) is 14.7 Å². The van der Waals surface area contributed by atoms with Crippen LogP contribution in [0, 0.1) is 0 Å². The normalized spacial score (nSPS) is 19.0. The highest BCUT2D eigenvalue weighted by atomic mass is 32.2. The van der Waals surface area contributed by atoms with Crippen molar-refractivity contribution in [2.75, 3.05) is 6.26 Å². The van der Waals surface area contributed by atoms with Crippen molar-refractivity contribution in [1.29, 1.82) is 0 Å². The standard InChI is InChI=1S/C20H13NO3S2/c1-26-17(18(22)21(19(23)24)20(26)25)11-16-14-8-4-2-6-12(14)10-13-7-3-5-9-15(13)16/h2-11H,1H3. The zero-order valence-corrected chi connectivity index (χ0v) is 15.4. The van der Waals surface area contributed by atoms with Gasteiger partial charge in [-0.3, -0.25) is 4.79 Å². The number of benzene rings is 3. The molecule has 0 radical (unpaired) electrons. The number of rotatable bonds is 1. The van der Waals surface area contributed by atoms with Crippen LogP contribution in [0.2, 0.25) is 0 Å². The first-order valence-corrected chi connectivity index (χ1v) is 9.90. The molecule has 128 valence electrons. The second-order valence-electron chi connectivity index (χ2n) is 5.92. The SMILES string of the molecule is C[S+]1C(=S)N(C(=O)[O-])C(=O)C1=Cc1c2ccccc2cc2ccccc12. The van der Waals surface area contributed by atoms with Crippen molar-refractivity contribution in [1.82, 2.24) is 4.90 Å². The van der Waals surface area contributed by atoms with Gasteiger partial charge in [-0.1, -0.05) is 48.5 Å². The summed E-state index contributed by atoms with van der Waals surface area (Å²) in [4.78, 5) is 24.8. The molecule has 4 rings (SSSR count). The second-order valence-corrected chi connectivity index (χ2v) is 8.42. The summed E-state index contributed by atoms with van der Waals surface area (Å²) in [5, 5.41) is 15.4. The van der Waals surface area contributed by atoms with Crippen LogP contribution in [-0.4, -0.2) is 27.5 Å². The maximum atomic E-state index is 12.6. The van der Waals surface area contributed by atoms with Crippen LogP contribution in [0.5, 0.6) is 0 Å². The van der Waals surface area contributed by atoms with Crippen molar-refractivity contribution in [2.24, 2.45) is 0 Å². The Bertz CT molecular complexity index is 1080. The summed E-state index contributed by atoms with van der Waals surface area (Å²) in [6.45, 7) is 0. The number of carbonyl (C=O) groups is 2. The number of carbonyl (C=O) groups excluding carboxylic acids is 2. The summed E-state index contributed by atoms with van der Waals surface area (Å²) in [5.74, 6) is -0.613. The Balaban J connectivity index is 2.02. The molecule has 2 amide bonds. The quantitative estimate of drug-likeness (QED) is 0.282. The van der Waals surface area contributed by atoms with E-state index in [-0.39, 0.29) is 4.32 Å². The fourth-order valence-electron chi connectivity index (χ4n) is 3.20. The smallest absolute Gasteiger partial charge is 0.316 e. The van der Waals surface area contributed by atoms with Gasteiger partial charge >= 0.3 is 10.2 Å². The van der Waals surface area contributed by atoms with E-state index in [2.05, 4.69) is 6.07 Å². The minimum atomic E-state index is -1.58. The molecule has 0 bridgehead atoms. The zero-order valence-electron chi connectivity index (χ0n) is 13.8. The van der Waals surface area contributed by atoms with Gasteiger partial charge in [0.2, 0.25) is 4.91 Å². The van der Waals surface area contributed by atoms with Gasteiger partial charge in [0.1, 0.15) is 6.26 Å². The van der Waals surface area contributed by atoms with Crippen molar-refractivity contribution >= 4 is 67.1 Å². The molecular weight excluding hydrogens is 366 g/mol. The maximum absolute atomic E-state index is 12.6.